The molecule has 1 spiro atoms. The van der Waals surface area contributed by atoms with E-state index in [-0.39, 0.29) is 37.2 Å². The van der Waals surface area contributed by atoms with Gasteiger partial charge in [-0.1, -0.05) is 109 Å². The summed E-state index contributed by atoms with van der Waals surface area (Å²) >= 11 is 0. The van der Waals surface area contributed by atoms with E-state index < -0.39 is 46.6 Å². The van der Waals surface area contributed by atoms with Crippen molar-refractivity contribution in [1.29, 1.82) is 0 Å². The van der Waals surface area contributed by atoms with E-state index >= 15 is 0 Å². The summed E-state index contributed by atoms with van der Waals surface area (Å²) in [7, 11) is 5.77. The fraction of sp³-hybridized carbons (Fsp3) is 0.644. The molecule has 70 heavy (non-hydrogen) atoms. The fourth-order valence-electron chi connectivity index (χ4n) is 14.8. The van der Waals surface area contributed by atoms with Gasteiger partial charge in [0, 0.05) is 61.0 Å². The highest BCUT2D eigenvalue weighted by Crippen LogP contribution is 2.75. The summed E-state index contributed by atoms with van der Waals surface area (Å²) in [4.78, 5) is 12.7. The zero-order valence-corrected chi connectivity index (χ0v) is 43.1. The van der Waals surface area contributed by atoms with Crippen LogP contribution in [0.25, 0.3) is 0 Å². The third-order valence-electron chi connectivity index (χ3n) is 18.1. The van der Waals surface area contributed by atoms with Crippen molar-refractivity contribution < 1.29 is 39.8 Å². The molecular formula is C59H87N3O8. The average molecular weight is 966 g/mol. The van der Waals surface area contributed by atoms with Gasteiger partial charge in [-0.15, -0.1) is 0 Å². The molecule has 11 nitrogen and oxygen atoms in total. The molecule has 0 unspecified atom stereocenters. The molecule has 3 saturated carbocycles. The Labute approximate surface area is 419 Å². The van der Waals surface area contributed by atoms with Crippen molar-refractivity contribution in [2.45, 2.75) is 120 Å². The van der Waals surface area contributed by atoms with E-state index in [2.05, 4.69) is 85.1 Å². The van der Waals surface area contributed by atoms with Gasteiger partial charge >= 0.3 is 0 Å². The van der Waals surface area contributed by atoms with Crippen molar-refractivity contribution in [3.05, 3.63) is 118 Å². The summed E-state index contributed by atoms with van der Waals surface area (Å²) in [6, 6.07) is 9.16. The Kier molecular flexibility index (Phi) is 18.4. The predicted molar refractivity (Wildman–Crippen MR) is 279 cm³/mol. The zero-order valence-electron chi connectivity index (χ0n) is 43.1. The van der Waals surface area contributed by atoms with Gasteiger partial charge in [-0.05, 0) is 152 Å². The van der Waals surface area contributed by atoms with E-state index in [0.717, 1.165) is 61.8 Å². The van der Waals surface area contributed by atoms with Gasteiger partial charge in [0.05, 0.1) is 31.0 Å². The minimum Gasteiger partial charge on any atom is -0.396 e. The van der Waals surface area contributed by atoms with Crippen LogP contribution in [0.1, 0.15) is 95.6 Å². The molecule has 1 aromatic carbocycles. The summed E-state index contributed by atoms with van der Waals surface area (Å²) in [5, 5.41) is 68.6. The number of hydrogen-bond donors (Lipinski definition) is 8. The van der Waals surface area contributed by atoms with Gasteiger partial charge in [0.2, 0.25) is 0 Å². The van der Waals surface area contributed by atoms with Gasteiger partial charge in [0.15, 0.2) is 0 Å². The van der Waals surface area contributed by atoms with Crippen LogP contribution in [0.15, 0.2) is 107 Å². The van der Waals surface area contributed by atoms with Gasteiger partial charge in [-0.2, -0.15) is 0 Å². The largest absolute Gasteiger partial charge is 0.396 e. The SMILES string of the molecule is C=C(/C=C/C=C(/COC[C@H](O)CO)[C@@H]1CC[C@@]23[C@H]4/C(=C(/C)C=O)[C@H](C=C[C@@]4(CCO)C=C[C@@]12O)C[C@]3(O)CCNC)[C@@H]1C/C=C(\C)CN[C@@](CCOC)([C@H]2CCCC[C@@H]2CNC)Cc2cccc(c2)C1. The predicted octanol–water partition coefficient (Wildman–Crippen LogP) is 6.67. The number of allylic oxidation sites excluding steroid dienone is 10. The van der Waals surface area contributed by atoms with Crippen LogP contribution in [0.5, 0.6) is 0 Å². The third kappa shape index (κ3) is 10.7. The average Bonchev–Trinajstić information content (AvgIpc) is 3.68. The standard InChI is InChI=1S/C59H87N3O8/c1-41-17-18-46(32-44-12-10-13-45(31-44)33-56(62-35-41,27-30-69-6)51-16-8-7-14-48(51)36-61-5)42(2)11-9-15-49(39-70-40-50(66)38-65)52-20-22-58-54-53(43(3)37-64)47(34-57(58,67)25-28-60-4)19-21-55(54,26-29-63)23-24-59(52,58)68/h9-13,15,17,19,21,23-24,31,37,46-48,50-52,54,60-63,65-68H,2,7-8,14,16,18,20,22,25-30,32-36,38-40H2,1,3-6H3/b11-9+,41-17+,49-15-,53-43-/t46-,47-,48-,50-,51+,52+,54+,55+,56-,57-,58+,59-/m1/s1. The summed E-state index contributed by atoms with van der Waals surface area (Å²) in [6.07, 6.45) is 27.2. The van der Waals surface area contributed by atoms with Crippen molar-refractivity contribution in [3.8, 4) is 0 Å². The molecule has 3 fully saturated rings. The summed E-state index contributed by atoms with van der Waals surface area (Å²) in [5.41, 5.74) is 2.45. The quantitative estimate of drug-likeness (QED) is 0.0287. The van der Waals surface area contributed by atoms with Crippen LogP contribution in [0.4, 0.5) is 0 Å². The topological polar surface area (TPSA) is 173 Å². The molecule has 0 aromatic heterocycles. The summed E-state index contributed by atoms with van der Waals surface area (Å²) in [6.45, 7) is 11.3. The van der Waals surface area contributed by atoms with E-state index in [1.807, 2.05) is 45.4 Å². The number of carbonyl (C=O) groups is 1. The van der Waals surface area contributed by atoms with Crippen molar-refractivity contribution in [3.63, 3.8) is 0 Å². The van der Waals surface area contributed by atoms with E-state index in [1.54, 1.807) is 0 Å². The number of rotatable bonds is 21. The van der Waals surface area contributed by atoms with E-state index in [4.69, 9.17) is 9.47 Å². The first-order valence-corrected chi connectivity index (χ1v) is 26.5. The van der Waals surface area contributed by atoms with E-state index in [1.165, 1.54) is 42.4 Å². The first kappa shape index (κ1) is 54.4. The summed E-state index contributed by atoms with van der Waals surface area (Å²) in [5.74, 6) is 0.125. The van der Waals surface area contributed by atoms with Crippen LogP contribution >= 0.6 is 0 Å². The maximum atomic E-state index is 13.7. The van der Waals surface area contributed by atoms with Gasteiger partial charge in [-0.3, -0.25) is 4.79 Å². The number of nitrogens with one attached hydrogen (secondary N) is 3. The molecule has 6 aliphatic rings. The lowest BCUT2D eigenvalue weighted by molar-refractivity contribution is -0.233. The Hall–Kier alpha value is -3.33. The Morgan fingerprint density at radius 3 is 2.59 bits per heavy atom. The number of carbonyl (C=O) groups excluding carboxylic acids is 1. The number of benzene rings is 1. The van der Waals surface area contributed by atoms with Gasteiger partial charge < -0.3 is 51.0 Å². The lowest BCUT2D eigenvalue weighted by Gasteiger charge is -2.68. The molecule has 0 radical (unpaired) electrons. The molecule has 386 valence electrons. The zero-order chi connectivity index (χ0) is 50.2. The smallest absolute Gasteiger partial charge is 0.145 e. The normalized spacial score (nSPS) is 37.2. The van der Waals surface area contributed by atoms with E-state index in [9.17, 15) is 30.3 Å². The number of fused-ring (bicyclic) bond motifs is 3. The molecule has 5 aliphatic carbocycles. The lowest BCUT2D eigenvalue weighted by Crippen LogP contribution is -2.72. The number of methoxy groups -OCH3 is 1. The van der Waals surface area contributed by atoms with Crippen molar-refractivity contribution >= 4 is 6.29 Å². The number of aliphatic hydroxyl groups excluding tert-OH is 3. The molecule has 0 saturated heterocycles. The molecular weight excluding hydrogens is 879 g/mol. The molecule has 1 aromatic rings. The van der Waals surface area contributed by atoms with Crippen molar-refractivity contribution in [2.24, 2.45) is 46.3 Å². The van der Waals surface area contributed by atoms with Crippen LogP contribution < -0.4 is 16.0 Å². The Morgan fingerprint density at radius 1 is 1.04 bits per heavy atom. The Balaban J connectivity index is 1.23. The maximum absolute atomic E-state index is 13.7. The highest BCUT2D eigenvalue weighted by Gasteiger charge is 2.77. The van der Waals surface area contributed by atoms with Crippen molar-refractivity contribution in [2.75, 3.05) is 73.9 Å². The number of aliphatic hydroxyl groups is 5. The monoisotopic (exact) mass is 966 g/mol. The van der Waals surface area contributed by atoms with Crippen LogP contribution in [0.3, 0.4) is 0 Å². The Bertz CT molecular complexity index is 2160. The van der Waals surface area contributed by atoms with Gasteiger partial charge in [0.25, 0.3) is 0 Å². The minimum absolute atomic E-state index is 0.0817. The van der Waals surface area contributed by atoms with Crippen molar-refractivity contribution in [1.82, 2.24) is 16.0 Å². The second kappa shape index (κ2) is 23.7. The molecule has 12 atom stereocenters. The number of aldehydes is 1. The highest BCUT2D eigenvalue weighted by atomic mass is 16.5. The molecule has 7 rings (SSSR count). The first-order valence-electron chi connectivity index (χ1n) is 26.5. The third-order valence-corrected chi connectivity index (χ3v) is 18.1. The van der Waals surface area contributed by atoms with Crippen LogP contribution in [-0.4, -0.2) is 129 Å². The van der Waals surface area contributed by atoms with Crippen LogP contribution in [0.2, 0.25) is 0 Å². The van der Waals surface area contributed by atoms with Crippen LogP contribution in [0, 0.1) is 46.3 Å². The fourth-order valence-corrected chi connectivity index (χ4v) is 14.8. The molecule has 8 N–H and O–H groups in total. The maximum Gasteiger partial charge on any atom is 0.145 e. The van der Waals surface area contributed by atoms with E-state index in [0.29, 0.717) is 62.7 Å². The molecule has 1 aliphatic heterocycles. The molecule has 11 heteroatoms. The number of hydrogen-bond acceptors (Lipinski definition) is 11. The summed E-state index contributed by atoms with van der Waals surface area (Å²) < 4.78 is 11.9. The van der Waals surface area contributed by atoms with Crippen LogP contribution in [-0.2, 0) is 27.1 Å². The number of ether oxygens (including phenoxy) is 2. The second-order valence-corrected chi connectivity index (χ2v) is 22.2. The molecule has 4 bridgehead atoms. The van der Waals surface area contributed by atoms with Gasteiger partial charge in [-0.25, -0.2) is 0 Å². The Morgan fingerprint density at radius 2 is 1.84 bits per heavy atom. The molecule has 1 heterocycles. The first-order chi connectivity index (χ1) is 33.7. The minimum atomic E-state index is -1.57. The molecule has 0 amide bonds. The van der Waals surface area contributed by atoms with Gasteiger partial charge in [0.1, 0.15) is 12.4 Å². The highest BCUT2D eigenvalue weighted by molar-refractivity contribution is 5.75. The second-order valence-electron chi connectivity index (χ2n) is 22.2. The lowest BCUT2D eigenvalue weighted by atomic mass is 9.37.